The Balaban J connectivity index is 1.26. The number of Topliss-reactive ketones (excluding diaryl/α,β-unsaturated/α-hetero) is 1. The zero-order chi connectivity index (χ0) is 23.5. The van der Waals surface area contributed by atoms with Crippen molar-refractivity contribution < 1.29 is 9.53 Å². The second-order valence-corrected chi connectivity index (χ2v) is 9.31. The van der Waals surface area contributed by atoms with E-state index in [1.165, 1.54) is 5.57 Å². The summed E-state index contributed by atoms with van der Waals surface area (Å²) in [7, 11) is 0. The number of hydrogen-bond donors (Lipinski definition) is 0. The van der Waals surface area contributed by atoms with Crippen molar-refractivity contribution in [3.05, 3.63) is 82.9 Å². The first-order valence-corrected chi connectivity index (χ1v) is 12.2. The Morgan fingerprint density at radius 3 is 2.62 bits per heavy atom. The molecule has 0 N–H and O–H groups in total. The number of aromatic nitrogens is 3. The Morgan fingerprint density at radius 1 is 1.12 bits per heavy atom. The number of ketones is 1. The molecule has 5 rings (SSSR count). The predicted octanol–water partition coefficient (Wildman–Crippen LogP) is 4.58. The van der Waals surface area contributed by atoms with Gasteiger partial charge in [0.15, 0.2) is 5.78 Å². The lowest BCUT2D eigenvalue weighted by molar-refractivity contribution is 0.0150. The van der Waals surface area contributed by atoms with Crippen LogP contribution in [-0.4, -0.2) is 57.8 Å². The molecule has 176 valence electrons. The van der Waals surface area contributed by atoms with Crippen LogP contribution in [0.15, 0.2) is 54.9 Å². The fourth-order valence-corrected chi connectivity index (χ4v) is 5.17. The predicted molar refractivity (Wildman–Crippen MR) is 133 cm³/mol. The van der Waals surface area contributed by atoms with Gasteiger partial charge in [-0.2, -0.15) is 5.10 Å². The fourth-order valence-electron chi connectivity index (χ4n) is 5.17. The van der Waals surface area contributed by atoms with Gasteiger partial charge in [0, 0.05) is 31.7 Å². The minimum Gasteiger partial charge on any atom is -0.379 e. The first-order valence-electron chi connectivity index (χ1n) is 12.2. The molecule has 3 aromatic rings. The average molecular weight is 457 g/mol. The molecule has 6 heteroatoms. The monoisotopic (exact) mass is 456 g/mol. The Morgan fingerprint density at radius 2 is 1.91 bits per heavy atom. The van der Waals surface area contributed by atoms with E-state index in [4.69, 9.17) is 9.72 Å². The summed E-state index contributed by atoms with van der Waals surface area (Å²) < 4.78 is 7.31. The zero-order valence-electron chi connectivity index (χ0n) is 20.0. The van der Waals surface area contributed by atoms with Crippen LogP contribution in [0.25, 0.3) is 11.3 Å². The van der Waals surface area contributed by atoms with Crippen LogP contribution in [0.4, 0.5) is 0 Å². The summed E-state index contributed by atoms with van der Waals surface area (Å²) >= 11 is 0. The van der Waals surface area contributed by atoms with E-state index in [1.54, 1.807) is 6.20 Å². The molecule has 1 aliphatic heterocycles. The van der Waals surface area contributed by atoms with Gasteiger partial charge in [0.05, 0.1) is 42.0 Å². The van der Waals surface area contributed by atoms with Crippen LogP contribution in [0, 0.1) is 13.8 Å². The van der Waals surface area contributed by atoms with Crippen LogP contribution in [0.2, 0.25) is 0 Å². The van der Waals surface area contributed by atoms with Crippen LogP contribution >= 0.6 is 0 Å². The van der Waals surface area contributed by atoms with Crippen LogP contribution in [0.5, 0.6) is 0 Å². The largest absolute Gasteiger partial charge is 0.379 e. The third-order valence-corrected chi connectivity index (χ3v) is 7.06. The molecule has 1 fully saturated rings. The highest BCUT2D eigenvalue weighted by Gasteiger charge is 2.24. The van der Waals surface area contributed by atoms with Crippen molar-refractivity contribution >= 4 is 11.4 Å². The second-order valence-electron chi connectivity index (χ2n) is 9.31. The van der Waals surface area contributed by atoms with E-state index in [2.05, 4.69) is 29.1 Å². The number of nitrogens with zero attached hydrogens (tertiary/aromatic N) is 4. The minimum absolute atomic E-state index is 0.0684. The van der Waals surface area contributed by atoms with E-state index in [1.807, 2.05) is 48.1 Å². The van der Waals surface area contributed by atoms with Gasteiger partial charge in [0.1, 0.15) is 0 Å². The van der Waals surface area contributed by atoms with Gasteiger partial charge in [-0.05, 0) is 61.9 Å². The standard InChI is InChI=1S/C28H32N4O2/c1-20-16-22(17-27(33)26-19-30-32(21(26)2)25-6-4-3-5-7-25)18-29-28(20)23-8-10-24(11-9-23)31-12-14-34-15-13-31/h3-8,16,18-19,24H,9-15,17H2,1-2H3. The van der Waals surface area contributed by atoms with E-state index >= 15 is 0 Å². The molecule has 1 aliphatic carbocycles. The van der Waals surface area contributed by atoms with Crippen molar-refractivity contribution in [1.82, 2.24) is 19.7 Å². The molecule has 3 heterocycles. The molecule has 6 nitrogen and oxygen atoms in total. The number of aryl methyl sites for hydroxylation is 1. The molecular weight excluding hydrogens is 424 g/mol. The first kappa shape index (κ1) is 22.7. The summed E-state index contributed by atoms with van der Waals surface area (Å²) in [5.74, 6) is 0.0684. The van der Waals surface area contributed by atoms with Gasteiger partial charge in [-0.25, -0.2) is 4.68 Å². The maximum absolute atomic E-state index is 13.1. The molecule has 1 aromatic carbocycles. The van der Waals surface area contributed by atoms with E-state index in [9.17, 15) is 4.79 Å². The topological polar surface area (TPSA) is 60.2 Å². The molecule has 2 aromatic heterocycles. The number of morpholine rings is 1. The second kappa shape index (κ2) is 10.0. The molecule has 0 saturated carbocycles. The number of carbonyl (C=O) groups excluding carboxylic acids is 1. The Labute approximate surface area is 201 Å². The van der Waals surface area contributed by atoms with E-state index in [0.29, 0.717) is 18.0 Å². The van der Waals surface area contributed by atoms with Gasteiger partial charge in [0.2, 0.25) is 0 Å². The van der Waals surface area contributed by atoms with Crippen LogP contribution < -0.4 is 0 Å². The number of pyridine rings is 1. The van der Waals surface area contributed by atoms with Gasteiger partial charge in [-0.3, -0.25) is 14.7 Å². The van der Waals surface area contributed by atoms with Gasteiger partial charge in [-0.15, -0.1) is 0 Å². The molecule has 0 bridgehead atoms. The molecule has 2 aliphatic rings. The number of ether oxygens (including phenoxy) is 1. The average Bonchev–Trinajstić information content (AvgIpc) is 3.27. The maximum Gasteiger partial charge on any atom is 0.170 e. The minimum atomic E-state index is 0.0684. The molecule has 0 radical (unpaired) electrons. The summed E-state index contributed by atoms with van der Waals surface area (Å²) in [6.45, 7) is 7.82. The van der Waals surface area contributed by atoms with Crippen LogP contribution in [0.3, 0.4) is 0 Å². The lowest BCUT2D eigenvalue weighted by Gasteiger charge is -2.36. The van der Waals surface area contributed by atoms with Gasteiger partial charge < -0.3 is 4.74 Å². The Kier molecular flexibility index (Phi) is 6.70. The highest BCUT2D eigenvalue weighted by atomic mass is 16.5. The summed E-state index contributed by atoms with van der Waals surface area (Å²) in [4.78, 5) is 20.4. The van der Waals surface area contributed by atoms with Gasteiger partial charge in [0.25, 0.3) is 0 Å². The summed E-state index contributed by atoms with van der Waals surface area (Å²) in [6, 6.07) is 12.6. The Bertz CT molecular complexity index is 1190. The van der Waals surface area contributed by atoms with Crippen molar-refractivity contribution in [2.75, 3.05) is 26.3 Å². The number of para-hydroxylation sites is 1. The molecule has 34 heavy (non-hydrogen) atoms. The number of carbonyl (C=O) groups is 1. The maximum atomic E-state index is 13.1. The highest BCUT2D eigenvalue weighted by molar-refractivity contribution is 5.98. The summed E-state index contributed by atoms with van der Waals surface area (Å²) in [5.41, 5.74) is 6.97. The lowest BCUT2D eigenvalue weighted by Crippen LogP contribution is -2.43. The lowest BCUT2D eigenvalue weighted by atomic mass is 9.90. The van der Waals surface area contributed by atoms with Crippen molar-refractivity contribution in [2.24, 2.45) is 0 Å². The van der Waals surface area contributed by atoms with Crippen molar-refractivity contribution in [3.8, 4) is 5.69 Å². The normalized spacial score (nSPS) is 19.1. The smallest absolute Gasteiger partial charge is 0.170 e. The van der Waals surface area contributed by atoms with Gasteiger partial charge in [-0.1, -0.05) is 30.3 Å². The molecular formula is C28H32N4O2. The number of benzene rings is 1. The highest BCUT2D eigenvalue weighted by Crippen LogP contribution is 2.30. The number of rotatable bonds is 6. The number of allylic oxidation sites excluding steroid dienone is 1. The Hall–Kier alpha value is -3.09. The quantitative estimate of drug-likeness (QED) is 0.508. The van der Waals surface area contributed by atoms with E-state index in [-0.39, 0.29) is 5.78 Å². The zero-order valence-corrected chi connectivity index (χ0v) is 20.0. The molecule has 1 saturated heterocycles. The van der Waals surface area contributed by atoms with Crippen molar-refractivity contribution in [3.63, 3.8) is 0 Å². The third-order valence-electron chi connectivity index (χ3n) is 7.06. The summed E-state index contributed by atoms with van der Waals surface area (Å²) in [5, 5.41) is 4.44. The SMILES string of the molecule is Cc1cc(CC(=O)c2cnn(-c3ccccc3)c2C)cnc1C1=CCC(N2CCOCC2)CC1. The fraction of sp³-hybridized carbons (Fsp3) is 0.393. The van der Waals surface area contributed by atoms with E-state index < -0.39 is 0 Å². The van der Waals surface area contributed by atoms with Crippen LogP contribution in [-0.2, 0) is 11.2 Å². The third kappa shape index (κ3) is 4.74. The van der Waals surface area contributed by atoms with Crippen LogP contribution in [0.1, 0.15) is 52.1 Å². The summed E-state index contributed by atoms with van der Waals surface area (Å²) in [6.07, 6.45) is 9.52. The first-order chi connectivity index (χ1) is 16.6. The number of hydrogen-bond acceptors (Lipinski definition) is 5. The van der Waals surface area contributed by atoms with Crippen molar-refractivity contribution in [2.45, 2.75) is 45.6 Å². The van der Waals surface area contributed by atoms with E-state index in [0.717, 1.165) is 73.8 Å². The molecule has 1 atom stereocenters. The molecule has 0 spiro atoms. The van der Waals surface area contributed by atoms with Gasteiger partial charge >= 0.3 is 0 Å². The molecule has 0 amide bonds. The molecule has 1 unspecified atom stereocenters. The van der Waals surface area contributed by atoms with Crippen molar-refractivity contribution in [1.29, 1.82) is 0 Å².